The molecule has 0 saturated carbocycles. The lowest BCUT2D eigenvalue weighted by Gasteiger charge is -2.20. The minimum absolute atomic E-state index is 0.0267. The van der Waals surface area contributed by atoms with Crippen molar-refractivity contribution in [2.45, 2.75) is 44.7 Å². The Balaban J connectivity index is 1.44. The van der Waals surface area contributed by atoms with Gasteiger partial charge in [-0.05, 0) is 78.3 Å². The number of carboxylic acids is 1. The third-order valence-electron chi connectivity index (χ3n) is 6.87. The van der Waals surface area contributed by atoms with Crippen molar-refractivity contribution in [1.29, 1.82) is 0 Å². The minimum atomic E-state index is -4.55. The number of ether oxygens (including phenoxy) is 1. The highest BCUT2D eigenvalue weighted by Gasteiger charge is 2.36. The molecule has 0 saturated heterocycles. The summed E-state index contributed by atoms with van der Waals surface area (Å²) >= 11 is 0. The monoisotopic (exact) mass is 521 g/mol. The van der Waals surface area contributed by atoms with Crippen LogP contribution >= 0.6 is 0 Å². The zero-order chi connectivity index (χ0) is 26.9. The molecule has 0 aliphatic heterocycles. The number of carboxylic acid groups (broad SMARTS) is 1. The normalized spacial score (nSPS) is 14.9. The summed E-state index contributed by atoms with van der Waals surface area (Å²) in [5, 5.41) is 9.40. The number of rotatable bonds is 8. The number of aryl methyl sites for hydroxylation is 2. The van der Waals surface area contributed by atoms with E-state index in [1.165, 1.54) is 12.1 Å². The largest absolute Gasteiger partial charge is 0.493 e. The van der Waals surface area contributed by atoms with E-state index in [4.69, 9.17) is 9.15 Å². The standard InChI is InChI=1S/C30H26F3NO4/c1-18-26(34-29(38-18)19-7-3-2-4-8-19)13-14-37-22-15-20-11-12-21(16-27(35)36)28(20)24(17-22)23-9-5-6-10-25(23)30(31,32)33/h2-10,15,17,21H,11-14,16H2,1H3,(H,35,36). The maximum atomic E-state index is 13.9. The Hall–Kier alpha value is -4.07. The van der Waals surface area contributed by atoms with Crippen molar-refractivity contribution in [1.82, 2.24) is 4.98 Å². The third kappa shape index (κ3) is 5.30. The number of benzene rings is 3. The van der Waals surface area contributed by atoms with Crippen LogP contribution in [-0.4, -0.2) is 22.7 Å². The van der Waals surface area contributed by atoms with Crippen molar-refractivity contribution >= 4 is 5.97 Å². The number of halogens is 3. The van der Waals surface area contributed by atoms with Crippen molar-refractivity contribution in [2.75, 3.05) is 6.61 Å². The number of oxazole rings is 1. The van der Waals surface area contributed by atoms with E-state index >= 15 is 0 Å². The van der Waals surface area contributed by atoms with Gasteiger partial charge in [0.05, 0.1) is 24.3 Å². The molecule has 0 fully saturated rings. The highest BCUT2D eigenvalue weighted by Crippen LogP contribution is 2.47. The predicted octanol–water partition coefficient (Wildman–Crippen LogP) is 7.46. The molecule has 0 radical (unpaired) electrons. The lowest BCUT2D eigenvalue weighted by Crippen LogP contribution is -2.10. The molecular weight excluding hydrogens is 495 g/mol. The lowest BCUT2D eigenvalue weighted by atomic mass is 9.87. The number of fused-ring (bicyclic) bond motifs is 1. The number of alkyl halides is 3. The first-order chi connectivity index (χ1) is 18.2. The molecule has 1 aliphatic rings. The van der Waals surface area contributed by atoms with E-state index in [0.717, 1.165) is 22.9 Å². The third-order valence-corrected chi connectivity index (χ3v) is 6.87. The Labute approximate surface area is 217 Å². The SMILES string of the molecule is Cc1oc(-c2ccccc2)nc1CCOc1cc2c(c(-c3ccccc3C(F)(F)F)c1)C(CC(=O)O)CC2. The molecule has 196 valence electrons. The molecule has 4 aromatic rings. The molecule has 1 heterocycles. The second-order valence-corrected chi connectivity index (χ2v) is 9.41. The van der Waals surface area contributed by atoms with Crippen LogP contribution < -0.4 is 4.74 Å². The molecule has 38 heavy (non-hydrogen) atoms. The van der Waals surface area contributed by atoms with Gasteiger partial charge in [0.1, 0.15) is 11.5 Å². The highest BCUT2D eigenvalue weighted by atomic mass is 19.4. The van der Waals surface area contributed by atoms with Gasteiger partial charge in [-0.15, -0.1) is 0 Å². The number of aliphatic carboxylic acids is 1. The molecule has 0 amide bonds. The quantitative estimate of drug-likeness (QED) is 0.261. The maximum absolute atomic E-state index is 13.9. The fourth-order valence-electron chi connectivity index (χ4n) is 5.16. The van der Waals surface area contributed by atoms with E-state index in [-0.39, 0.29) is 24.5 Å². The summed E-state index contributed by atoms with van der Waals surface area (Å²) in [6, 6.07) is 18.4. The van der Waals surface area contributed by atoms with Crippen LogP contribution in [0, 0.1) is 6.92 Å². The number of nitrogens with zero attached hydrogens (tertiary/aromatic N) is 1. The second kappa shape index (κ2) is 10.4. The fraction of sp³-hybridized carbons (Fsp3) is 0.267. The van der Waals surface area contributed by atoms with E-state index < -0.39 is 17.7 Å². The van der Waals surface area contributed by atoms with E-state index in [9.17, 15) is 23.1 Å². The van der Waals surface area contributed by atoms with Crippen molar-refractivity contribution in [2.24, 2.45) is 0 Å². The van der Waals surface area contributed by atoms with Gasteiger partial charge in [-0.25, -0.2) is 4.98 Å². The van der Waals surface area contributed by atoms with Crippen LogP contribution in [-0.2, 0) is 23.8 Å². The van der Waals surface area contributed by atoms with Crippen LogP contribution in [0.5, 0.6) is 5.75 Å². The fourth-order valence-corrected chi connectivity index (χ4v) is 5.16. The molecule has 3 aromatic carbocycles. The van der Waals surface area contributed by atoms with E-state index in [0.29, 0.717) is 47.8 Å². The van der Waals surface area contributed by atoms with Crippen molar-refractivity contribution in [3.05, 3.63) is 94.9 Å². The molecular formula is C30H26F3NO4. The summed E-state index contributed by atoms with van der Waals surface area (Å²) in [6.07, 6.45) is -3.09. The Morgan fingerprint density at radius 3 is 2.55 bits per heavy atom. The lowest BCUT2D eigenvalue weighted by molar-refractivity contribution is -0.138. The predicted molar refractivity (Wildman–Crippen MR) is 136 cm³/mol. The van der Waals surface area contributed by atoms with Gasteiger partial charge in [-0.2, -0.15) is 13.2 Å². The Bertz CT molecular complexity index is 1460. The van der Waals surface area contributed by atoms with Crippen molar-refractivity contribution < 1.29 is 32.2 Å². The average molecular weight is 522 g/mol. The summed E-state index contributed by atoms with van der Waals surface area (Å²) in [5.74, 6) is 0.304. The smallest absolute Gasteiger partial charge is 0.417 e. The van der Waals surface area contributed by atoms with Gasteiger partial charge in [0.15, 0.2) is 0 Å². The first kappa shape index (κ1) is 25.6. The van der Waals surface area contributed by atoms with Gasteiger partial charge in [0, 0.05) is 12.0 Å². The number of carbonyl (C=O) groups is 1. The molecule has 1 unspecified atom stereocenters. The van der Waals surface area contributed by atoms with E-state index in [1.807, 2.05) is 43.3 Å². The van der Waals surface area contributed by atoms with Crippen LogP contribution in [0.4, 0.5) is 13.2 Å². The van der Waals surface area contributed by atoms with E-state index in [1.54, 1.807) is 12.1 Å². The summed E-state index contributed by atoms with van der Waals surface area (Å²) in [6.45, 7) is 2.08. The first-order valence-electron chi connectivity index (χ1n) is 12.4. The average Bonchev–Trinajstić information content (AvgIpc) is 3.46. The summed E-state index contributed by atoms with van der Waals surface area (Å²) in [7, 11) is 0. The molecule has 5 nitrogen and oxygen atoms in total. The van der Waals surface area contributed by atoms with Crippen LogP contribution in [0.3, 0.4) is 0 Å². The molecule has 1 aliphatic carbocycles. The summed E-state index contributed by atoms with van der Waals surface area (Å²) < 4.78 is 53.6. The van der Waals surface area contributed by atoms with Gasteiger partial charge in [-0.3, -0.25) is 4.79 Å². The number of hydrogen-bond donors (Lipinski definition) is 1. The zero-order valence-corrected chi connectivity index (χ0v) is 20.7. The zero-order valence-electron chi connectivity index (χ0n) is 20.7. The first-order valence-corrected chi connectivity index (χ1v) is 12.4. The molecule has 8 heteroatoms. The molecule has 1 atom stereocenters. The summed E-state index contributed by atoms with van der Waals surface area (Å²) in [5.41, 5.74) is 2.74. The topological polar surface area (TPSA) is 72.6 Å². The molecule has 0 bridgehead atoms. The number of aromatic nitrogens is 1. The number of hydrogen-bond acceptors (Lipinski definition) is 4. The van der Waals surface area contributed by atoms with Gasteiger partial charge < -0.3 is 14.3 Å². The Morgan fingerprint density at radius 1 is 1.08 bits per heavy atom. The second-order valence-electron chi connectivity index (χ2n) is 9.41. The van der Waals surface area contributed by atoms with Gasteiger partial charge in [0.2, 0.25) is 5.89 Å². The minimum Gasteiger partial charge on any atom is -0.493 e. The van der Waals surface area contributed by atoms with Crippen LogP contribution in [0.15, 0.2) is 71.1 Å². The Morgan fingerprint density at radius 2 is 1.82 bits per heavy atom. The van der Waals surface area contributed by atoms with E-state index in [2.05, 4.69) is 4.98 Å². The maximum Gasteiger partial charge on any atom is 0.417 e. The van der Waals surface area contributed by atoms with Crippen LogP contribution in [0.2, 0.25) is 0 Å². The highest BCUT2D eigenvalue weighted by molar-refractivity contribution is 5.77. The molecule has 0 spiro atoms. The van der Waals surface area contributed by atoms with Crippen molar-refractivity contribution in [3.63, 3.8) is 0 Å². The summed E-state index contributed by atoms with van der Waals surface area (Å²) in [4.78, 5) is 16.1. The van der Waals surface area contributed by atoms with Gasteiger partial charge >= 0.3 is 12.1 Å². The van der Waals surface area contributed by atoms with Crippen LogP contribution in [0.25, 0.3) is 22.6 Å². The van der Waals surface area contributed by atoms with Crippen molar-refractivity contribution in [3.8, 4) is 28.3 Å². The van der Waals surface area contributed by atoms with Gasteiger partial charge in [0.25, 0.3) is 0 Å². The van der Waals surface area contributed by atoms with Gasteiger partial charge in [-0.1, -0.05) is 36.4 Å². The van der Waals surface area contributed by atoms with Crippen LogP contribution in [0.1, 0.15) is 46.9 Å². The Kier molecular flexibility index (Phi) is 6.97. The molecule has 1 N–H and O–H groups in total. The molecule has 1 aromatic heterocycles. The molecule has 5 rings (SSSR count).